The van der Waals surface area contributed by atoms with Crippen LogP contribution in [0.2, 0.25) is 0 Å². The van der Waals surface area contributed by atoms with E-state index < -0.39 is 35.1 Å². The van der Waals surface area contributed by atoms with Crippen LogP contribution in [0.3, 0.4) is 0 Å². The van der Waals surface area contributed by atoms with Crippen LogP contribution in [-0.4, -0.2) is 139 Å². The van der Waals surface area contributed by atoms with Crippen molar-refractivity contribution in [1.82, 2.24) is 25.0 Å². The van der Waals surface area contributed by atoms with Crippen LogP contribution in [0.15, 0.2) is 48.5 Å². The molecule has 1 unspecified atom stereocenters. The first-order chi connectivity index (χ1) is 31.9. The molecule has 3 fully saturated rings. The van der Waals surface area contributed by atoms with Crippen LogP contribution in [0, 0.1) is 6.57 Å². The van der Waals surface area contributed by atoms with Crippen molar-refractivity contribution >= 4 is 57.6 Å². The number of anilines is 1. The highest BCUT2D eigenvalue weighted by Gasteiger charge is 2.46. The maximum atomic E-state index is 14.1. The Labute approximate surface area is 383 Å². The number of ketones is 1. The van der Waals surface area contributed by atoms with E-state index in [-0.39, 0.29) is 74.3 Å². The minimum Gasteiger partial charge on any atom is -0.490 e. The molecule has 0 radical (unpaired) electrons. The summed E-state index contributed by atoms with van der Waals surface area (Å²) < 4.78 is 17.1. The number of fused-ring (bicyclic) bond motifs is 5. The summed E-state index contributed by atoms with van der Waals surface area (Å²) in [5.41, 5.74) is 6.97. The lowest BCUT2D eigenvalue weighted by atomic mass is 9.70. The summed E-state index contributed by atoms with van der Waals surface area (Å²) >= 11 is 0. The van der Waals surface area contributed by atoms with Gasteiger partial charge < -0.3 is 29.0 Å². The van der Waals surface area contributed by atoms with Crippen molar-refractivity contribution in [3.8, 4) is 5.75 Å². The molecule has 2 N–H and O–H groups in total. The topological polar surface area (TPSA) is 175 Å². The van der Waals surface area contributed by atoms with Crippen LogP contribution in [0.4, 0.5) is 11.4 Å². The first kappa shape index (κ1) is 44.8. The number of hydrogen-bond acceptors (Lipinski definition) is 11. The molecule has 5 amide bonds. The molecule has 344 valence electrons. The summed E-state index contributed by atoms with van der Waals surface area (Å²) in [7, 11) is 0. The number of H-pyrrole nitrogens is 1. The van der Waals surface area contributed by atoms with Gasteiger partial charge in [0.2, 0.25) is 17.7 Å². The van der Waals surface area contributed by atoms with Gasteiger partial charge in [-0.05, 0) is 67.1 Å². The molecule has 0 bridgehead atoms. The molecule has 66 heavy (non-hydrogen) atoms. The Morgan fingerprint density at radius 2 is 1.58 bits per heavy atom. The van der Waals surface area contributed by atoms with E-state index >= 15 is 0 Å². The zero-order chi connectivity index (χ0) is 46.3. The average molecular weight is 898 g/mol. The van der Waals surface area contributed by atoms with Gasteiger partial charge in [0.15, 0.2) is 11.5 Å². The standard InChI is InChI=1S/C50H55N7O9/c1-5-30-27-35-36(50(2,3)46-44(45(35)60)33-10-9-31(51-4)28-37(33)52-46)29-39(30)55-16-13-32(14-17-55)54-18-20-56(21-19-54)42(59)15-22-64-23-24-65-25-26-66-40-8-6-7-34-43(40)49(63)57(48(34)62)38-11-12-41(58)53-47(38)61/h6-10,27-29,32,38,52H,5,11-26H2,1-3H3,(H,53,58,61). The molecule has 16 nitrogen and oxygen atoms in total. The van der Waals surface area contributed by atoms with Crippen LogP contribution >= 0.6 is 0 Å². The molecule has 1 aromatic heterocycles. The number of aromatic nitrogens is 1. The molecule has 3 saturated heterocycles. The quantitative estimate of drug-likeness (QED) is 0.0972. The highest BCUT2D eigenvalue weighted by atomic mass is 16.5. The number of rotatable bonds is 14. The summed E-state index contributed by atoms with van der Waals surface area (Å²) in [6.45, 7) is 20.0. The van der Waals surface area contributed by atoms with E-state index in [9.17, 15) is 28.8 Å². The second kappa shape index (κ2) is 18.5. The number of benzene rings is 3. The number of aromatic amines is 1. The summed E-state index contributed by atoms with van der Waals surface area (Å²) in [6.07, 6.45) is 3.27. The van der Waals surface area contributed by atoms with Crippen LogP contribution < -0.4 is 15.0 Å². The van der Waals surface area contributed by atoms with Gasteiger partial charge in [0, 0.05) is 85.0 Å². The van der Waals surface area contributed by atoms with Gasteiger partial charge in [-0.2, -0.15) is 0 Å². The van der Waals surface area contributed by atoms with Crippen LogP contribution in [0.1, 0.15) is 106 Å². The van der Waals surface area contributed by atoms with Crippen LogP contribution in [0.5, 0.6) is 5.75 Å². The Hall–Kier alpha value is -6.41. The number of carbonyl (C=O) groups is 6. The van der Waals surface area contributed by atoms with E-state index in [1.54, 1.807) is 18.2 Å². The maximum Gasteiger partial charge on any atom is 0.266 e. The first-order valence-corrected chi connectivity index (χ1v) is 23.0. The number of nitrogens with zero attached hydrogens (tertiary/aromatic N) is 5. The summed E-state index contributed by atoms with van der Waals surface area (Å²) in [5, 5.41) is 3.06. The molecule has 0 saturated carbocycles. The lowest BCUT2D eigenvalue weighted by molar-refractivity contribution is -0.136. The second-order valence-electron chi connectivity index (χ2n) is 18.1. The molecule has 0 spiro atoms. The second-order valence-corrected chi connectivity index (χ2v) is 18.1. The van der Waals surface area contributed by atoms with Crippen molar-refractivity contribution in [2.45, 2.75) is 76.8 Å². The smallest absolute Gasteiger partial charge is 0.266 e. The van der Waals surface area contributed by atoms with Gasteiger partial charge in [-0.1, -0.05) is 39.0 Å². The maximum absolute atomic E-state index is 14.1. The van der Waals surface area contributed by atoms with Gasteiger partial charge in [0.25, 0.3) is 11.8 Å². The van der Waals surface area contributed by atoms with Crippen LogP contribution in [0.25, 0.3) is 15.7 Å². The number of piperidine rings is 2. The number of nitrogens with one attached hydrogen (secondary N) is 2. The molecular weight excluding hydrogens is 843 g/mol. The molecule has 9 rings (SSSR count). The minimum absolute atomic E-state index is 0.0377. The van der Waals surface area contributed by atoms with E-state index in [2.05, 4.69) is 57.8 Å². The fraction of sp³-hybridized carbons (Fsp3) is 0.460. The van der Waals surface area contributed by atoms with Crippen molar-refractivity contribution in [3.05, 3.63) is 99.0 Å². The van der Waals surface area contributed by atoms with E-state index in [0.29, 0.717) is 37.0 Å². The van der Waals surface area contributed by atoms with Crippen molar-refractivity contribution in [2.75, 3.05) is 77.2 Å². The highest BCUT2D eigenvalue weighted by molar-refractivity contribution is 6.24. The number of ether oxygens (including phenoxy) is 3. The van der Waals surface area contributed by atoms with Crippen molar-refractivity contribution < 1.29 is 43.0 Å². The molecule has 4 aromatic rings. The Bertz CT molecular complexity index is 2670. The molecular formula is C50H55N7O9. The lowest BCUT2D eigenvalue weighted by Gasteiger charge is -2.44. The molecule has 5 aliphatic rings. The number of carbonyl (C=O) groups excluding carboxylic acids is 6. The first-order valence-electron chi connectivity index (χ1n) is 23.0. The lowest BCUT2D eigenvalue weighted by Crippen LogP contribution is -2.54. The van der Waals surface area contributed by atoms with E-state index in [4.69, 9.17) is 20.8 Å². The molecule has 4 aliphatic heterocycles. The highest BCUT2D eigenvalue weighted by Crippen LogP contribution is 2.46. The molecule has 16 heteroatoms. The Morgan fingerprint density at radius 3 is 2.30 bits per heavy atom. The zero-order valence-corrected chi connectivity index (χ0v) is 37.7. The number of hydrogen-bond donors (Lipinski definition) is 2. The van der Waals surface area contributed by atoms with Gasteiger partial charge in [0.05, 0.1) is 56.1 Å². The predicted molar refractivity (Wildman–Crippen MR) is 244 cm³/mol. The van der Waals surface area contributed by atoms with Gasteiger partial charge in [-0.15, -0.1) is 0 Å². The zero-order valence-electron chi connectivity index (χ0n) is 37.7. The normalized spacial score (nSPS) is 19.8. The van der Waals surface area contributed by atoms with Crippen molar-refractivity contribution in [2.24, 2.45) is 0 Å². The SMILES string of the molecule is [C-]#[N+]c1ccc2c3c([nH]c2c1)C(C)(C)c1cc(N2CCC(N4CCN(C(=O)CCOCCOCCOc5cccc6c5C(=O)N(C5CCC(=O)NC5=O)C6=O)CC4)CC2)c(CC)cc1C3=O. The number of piperazine rings is 1. The third-order valence-electron chi connectivity index (χ3n) is 14.0. The van der Waals surface area contributed by atoms with Gasteiger partial charge >= 0.3 is 0 Å². The van der Waals surface area contributed by atoms with E-state index in [0.717, 1.165) is 78.1 Å². The van der Waals surface area contributed by atoms with Crippen LogP contribution in [-0.2, 0) is 35.7 Å². The number of amides is 5. The van der Waals surface area contributed by atoms with Gasteiger partial charge in [0.1, 0.15) is 18.4 Å². The summed E-state index contributed by atoms with van der Waals surface area (Å²) in [6, 6.07) is 14.0. The fourth-order valence-electron chi connectivity index (χ4n) is 10.4. The summed E-state index contributed by atoms with van der Waals surface area (Å²) in [4.78, 5) is 92.5. The van der Waals surface area contributed by atoms with E-state index in [1.807, 2.05) is 17.0 Å². The third kappa shape index (κ3) is 8.24. The monoisotopic (exact) mass is 897 g/mol. The van der Waals surface area contributed by atoms with Gasteiger partial charge in [-0.25, -0.2) is 4.85 Å². The van der Waals surface area contributed by atoms with E-state index in [1.165, 1.54) is 17.3 Å². The minimum atomic E-state index is -1.05. The predicted octanol–water partition coefficient (Wildman–Crippen LogP) is 5.17. The molecule has 5 heterocycles. The number of imide groups is 2. The molecule has 1 atom stereocenters. The third-order valence-corrected chi connectivity index (χ3v) is 14.0. The molecule has 3 aromatic carbocycles. The number of aryl methyl sites for hydroxylation is 1. The Morgan fingerprint density at radius 1 is 0.833 bits per heavy atom. The van der Waals surface area contributed by atoms with Crippen molar-refractivity contribution in [3.63, 3.8) is 0 Å². The largest absolute Gasteiger partial charge is 0.490 e. The Kier molecular flexibility index (Phi) is 12.5. The van der Waals surface area contributed by atoms with Crippen molar-refractivity contribution in [1.29, 1.82) is 0 Å². The average Bonchev–Trinajstić information content (AvgIpc) is 3.84. The summed E-state index contributed by atoms with van der Waals surface area (Å²) in [5.74, 6) is -2.01. The fourth-order valence-corrected chi connectivity index (χ4v) is 10.4. The molecule has 1 aliphatic carbocycles. The Balaban J connectivity index is 0.684. The van der Waals surface area contributed by atoms with Gasteiger partial charge in [-0.3, -0.25) is 43.9 Å².